The predicted molar refractivity (Wildman–Crippen MR) is 67.8 cm³/mol. The summed E-state index contributed by atoms with van der Waals surface area (Å²) in [4.78, 5) is 0.0776. The van der Waals surface area contributed by atoms with Gasteiger partial charge in [-0.2, -0.15) is 0 Å². The molecule has 1 fully saturated rings. The maximum absolute atomic E-state index is 5.80. The van der Waals surface area contributed by atoms with Crippen molar-refractivity contribution < 1.29 is 4.74 Å². The van der Waals surface area contributed by atoms with E-state index in [0.29, 0.717) is 11.2 Å². The third-order valence-corrected chi connectivity index (χ3v) is 5.22. The van der Waals surface area contributed by atoms with Gasteiger partial charge in [0.05, 0.1) is 11.5 Å². The molecule has 0 amide bonds. The molecule has 16 heavy (non-hydrogen) atoms. The highest BCUT2D eigenvalue weighted by Gasteiger charge is 2.47. The Balaban J connectivity index is 2.10. The molecule has 1 N–H and O–H groups in total. The molecule has 1 aromatic rings. The van der Waals surface area contributed by atoms with Crippen molar-refractivity contribution in [3.8, 4) is 5.75 Å². The van der Waals surface area contributed by atoms with Crippen molar-refractivity contribution in [2.45, 2.75) is 24.0 Å². The first kappa shape index (κ1) is 10.5. The number of rotatable bonds is 0. The van der Waals surface area contributed by atoms with Crippen LogP contribution in [0.15, 0.2) is 24.3 Å². The van der Waals surface area contributed by atoms with Crippen LogP contribution in [0.5, 0.6) is 5.75 Å². The predicted octanol–water partition coefficient (Wildman–Crippen LogP) is 2.59. The summed E-state index contributed by atoms with van der Waals surface area (Å²) in [6, 6.07) is 8.43. The van der Waals surface area contributed by atoms with Crippen molar-refractivity contribution >= 4 is 11.8 Å². The number of para-hydroxylation sites is 1. The Morgan fingerprint density at radius 2 is 2.19 bits per heavy atom. The third kappa shape index (κ3) is 1.38. The molecule has 0 radical (unpaired) electrons. The van der Waals surface area contributed by atoms with E-state index in [1.807, 2.05) is 17.8 Å². The van der Waals surface area contributed by atoms with E-state index >= 15 is 0 Å². The minimum Gasteiger partial charge on any atom is -0.493 e. The monoisotopic (exact) mass is 235 g/mol. The van der Waals surface area contributed by atoms with Crippen molar-refractivity contribution in [2.75, 3.05) is 13.2 Å². The van der Waals surface area contributed by atoms with E-state index in [2.05, 4.69) is 37.4 Å². The molecule has 3 atom stereocenters. The van der Waals surface area contributed by atoms with Gasteiger partial charge in [-0.1, -0.05) is 32.0 Å². The molecular weight excluding hydrogens is 218 g/mol. The molecule has 0 aromatic heterocycles. The van der Waals surface area contributed by atoms with Crippen LogP contribution in [0, 0.1) is 5.92 Å². The summed E-state index contributed by atoms with van der Waals surface area (Å²) < 4.78 is 5.80. The number of thioether (sulfide) groups is 1. The average Bonchev–Trinajstić information content (AvgIpc) is 2.68. The second kappa shape index (κ2) is 3.67. The highest BCUT2D eigenvalue weighted by atomic mass is 32.2. The Labute approximate surface area is 101 Å². The summed E-state index contributed by atoms with van der Waals surface area (Å²) in [5.41, 5.74) is 1.32. The maximum atomic E-state index is 5.80. The molecule has 86 valence electrons. The summed E-state index contributed by atoms with van der Waals surface area (Å²) in [6.07, 6.45) is 0. The van der Waals surface area contributed by atoms with Crippen LogP contribution in [-0.2, 0) is 4.87 Å². The quantitative estimate of drug-likeness (QED) is 0.747. The maximum Gasteiger partial charge on any atom is 0.125 e. The Morgan fingerprint density at radius 3 is 2.94 bits per heavy atom. The van der Waals surface area contributed by atoms with Crippen molar-refractivity contribution in [1.29, 1.82) is 0 Å². The van der Waals surface area contributed by atoms with E-state index in [1.54, 1.807) is 0 Å². The molecule has 1 aromatic carbocycles. The van der Waals surface area contributed by atoms with Crippen LogP contribution in [0.3, 0.4) is 0 Å². The van der Waals surface area contributed by atoms with E-state index in [0.717, 1.165) is 18.9 Å². The second-order valence-electron chi connectivity index (χ2n) is 4.75. The smallest absolute Gasteiger partial charge is 0.125 e. The van der Waals surface area contributed by atoms with Gasteiger partial charge >= 0.3 is 0 Å². The standard InChI is InChI=1S/C13H17NOS/c1-9-8-15-12-6-4-3-5-11(12)13(9)14-7-10(2)16-13/h3-6,9-10,14H,7-8H2,1-2H3. The Hall–Kier alpha value is -0.670. The minimum atomic E-state index is 0.0776. The molecular formula is C13H17NOS. The van der Waals surface area contributed by atoms with Crippen LogP contribution in [-0.4, -0.2) is 18.4 Å². The summed E-state index contributed by atoms with van der Waals surface area (Å²) in [5, 5.41) is 4.39. The topological polar surface area (TPSA) is 21.3 Å². The van der Waals surface area contributed by atoms with Crippen LogP contribution < -0.4 is 10.1 Å². The van der Waals surface area contributed by atoms with E-state index in [-0.39, 0.29) is 4.87 Å². The fraction of sp³-hybridized carbons (Fsp3) is 0.538. The second-order valence-corrected chi connectivity index (χ2v) is 6.44. The van der Waals surface area contributed by atoms with Gasteiger partial charge < -0.3 is 4.74 Å². The van der Waals surface area contributed by atoms with Gasteiger partial charge in [0.15, 0.2) is 0 Å². The number of hydrogen-bond donors (Lipinski definition) is 1. The lowest BCUT2D eigenvalue weighted by Gasteiger charge is -2.40. The number of nitrogens with one attached hydrogen (secondary N) is 1. The first-order valence-corrected chi connectivity index (χ1v) is 6.75. The van der Waals surface area contributed by atoms with E-state index < -0.39 is 0 Å². The van der Waals surface area contributed by atoms with Crippen LogP contribution in [0.1, 0.15) is 19.4 Å². The van der Waals surface area contributed by atoms with Crippen LogP contribution in [0.2, 0.25) is 0 Å². The normalized spacial score (nSPS) is 37.1. The summed E-state index contributed by atoms with van der Waals surface area (Å²) in [5.74, 6) is 1.56. The molecule has 0 saturated carbocycles. The first-order chi connectivity index (χ1) is 7.72. The molecule has 3 unspecified atom stereocenters. The molecule has 2 heterocycles. The van der Waals surface area contributed by atoms with Crippen molar-refractivity contribution in [3.05, 3.63) is 29.8 Å². The fourth-order valence-electron chi connectivity index (χ4n) is 2.64. The number of benzene rings is 1. The molecule has 3 heteroatoms. The van der Waals surface area contributed by atoms with Gasteiger partial charge in [0, 0.05) is 23.3 Å². The van der Waals surface area contributed by atoms with Gasteiger partial charge in [0.2, 0.25) is 0 Å². The molecule has 1 saturated heterocycles. The van der Waals surface area contributed by atoms with E-state index in [4.69, 9.17) is 4.74 Å². The number of ether oxygens (including phenoxy) is 1. The highest BCUT2D eigenvalue weighted by molar-refractivity contribution is 8.01. The lowest BCUT2D eigenvalue weighted by molar-refractivity contribution is 0.176. The number of fused-ring (bicyclic) bond motifs is 2. The summed E-state index contributed by atoms with van der Waals surface area (Å²) in [7, 11) is 0. The Bertz CT molecular complexity index is 409. The molecule has 3 rings (SSSR count). The first-order valence-electron chi connectivity index (χ1n) is 5.87. The van der Waals surface area contributed by atoms with Gasteiger partial charge in [0.1, 0.15) is 5.75 Å². The zero-order valence-electron chi connectivity index (χ0n) is 9.69. The third-order valence-electron chi connectivity index (χ3n) is 3.51. The van der Waals surface area contributed by atoms with Crippen molar-refractivity contribution in [3.63, 3.8) is 0 Å². The fourth-order valence-corrected chi connectivity index (χ4v) is 4.21. The lowest BCUT2D eigenvalue weighted by atomic mass is 9.91. The minimum absolute atomic E-state index is 0.0776. The van der Waals surface area contributed by atoms with E-state index in [9.17, 15) is 0 Å². The molecule has 2 nitrogen and oxygen atoms in total. The average molecular weight is 235 g/mol. The van der Waals surface area contributed by atoms with Gasteiger partial charge in [0.25, 0.3) is 0 Å². The van der Waals surface area contributed by atoms with Crippen LogP contribution in [0.25, 0.3) is 0 Å². The van der Waals surface area contributed by atoms with E-state index in [1.165, 1.54) is 5.56 Å². The van der Waals surface area contributed by atoms with Crippen LogP contribution >= 0.6 is 11.8 Å². The highest BCUT2D eigenvalue weighted by Crippen LogP contribution is 2.51. The Morgan fingerprint density at radius 1 is 1.38 bits per heavy atom. The van der Waals surface area contributed by atoms with Gasteiger partial charge in [-0.3, -0.25) is 5.32 Å². The molecule has 0 bridgehead atoms. The summed E-state index contributed by atoms with van der Waals surface area (Å²) >= 11 is 2.05. The van der Waals surface area contributed by atoms with Gasteiger partial charge in [-0.25, -0.2) is 0 Å². The lowest BCUT2D eigenvalue weighted by Crippen LogP contribution is -2.45. The molecule has 1 spiro atoms. The van der Waals surface area contributed by atoms with Crippen LogP contribution in [0.4, 0.5) is 0 Å². The zero-order chi connectivity index (χ0) is 11.2. The molecule has 2 aliphatic heterocycles. The Kier molecular flexibility index (Phi) is 2.41. The SMILES string of the molecule is CC1CNC2(S1)c1ccccc1OCC2C. The number of hydrogen-bond acceptors (Lipinski definition) is 3. The van der Waals surface area contributed by atoms with Gasteiger partial charge in [-0.15, -0.1) is 11.8 Å². The molecule has 0 aliphatic carbocycles. The van der Waals surface area contributed by atoms with Crippen molar-refractivity contribution in [1.82, 2.24) is 5.32 Å². The largest absolute Gasteiger partial charge is 0.493 e. The van der Waals surface area contributed by atoms with Gasteiger partial charge in [-0.05, 0) is 6.07 Å². The zero-order valence-corrected chi connectivity index (χ0v) is 10.5. The van der Waals surface area contributed by atoms with Crippen molar-refractivity contribution in [2.24, 2.45) is 5.92 Å². The summed E-state index contributed by atoms with van der Waals surface area (Å²) in [6.45, 7) is 6.46. The molecule has 2 aliphatic rings.